The highest BCUT2D eigenvalue weighted by atomic mass is 16.5. The fraction of sp³-hybridized carbons (Fsp3) is 0.532. The Hall–Kier alpha value is -4.42. The van der Waals surface area contributed by atoms with Crippen LogP contribution in [0.25, 0.3) is 32.7 Å². The molecule has 0 spiro atoms. The number of carboxylic acid groups (broad SMARTS) is 2. The van der Waals surface area contributed by atoms with Crippen molar-refractivity contribution in [3.05, 3.63) is 64.6 Å². The summed E-state index contributed by atoms with van der Waals surface area (Å²) in [5.74, 6) is -9.52. The van der Waals surface area contributed by atoms with Crippen LogP contribution < -0.4 is 15.8 Å². The molecule has 2 saturated heterocycles. The van der Waals surface area contributed by atoms with Gasteiger partial charge in [0.25, 0.3) is 0 Å². The lowest BCUT2D eigenvalue weighted by molar-refractivity contribution is -0.228. The minimum Gasteiger partial charge on any atom is -0.481 e. The van der Waals surface area contributed by atoms with Gasteiger partial charge in [0.1, 0.15) is 11.6 Å². The van der Waals surface area contributed by atoms with E-state index in [1.165, 1.54) is 28.2 Å². The van der Waals surface area contributed by atoms with Gasteiger partial charge >= 0.3 is 11.9 Å². The van der Waals surface area contributed by atoms with Gasteiger partial charge in [-0.05, 0) is 138 Å². The van der Waals surface area contributed by atoms with E-state index >= 15 is 0 Å². The molecule has 2 heterocycles. The molecule has 0 aromatic heterocycles. The molecule has 11 nitrogen and oxygen atoms in total. The monoisotopic (exact) mass is 793 g/mol. The first-order chi connectivity index (χ1) is 26.9. The average molecular weight is 794 g/mol. The number of hydroxylamine groups is 4. The van der Waals surface area contributed by atoms with Gasteiger partial charge in [-0.25, -0.2) is 0 Å². The fourth-order valence-electron chi connectivity index (χ4n) is 11.8. The molecule has 0 radical (unpaired) electrons. The Morgan fingerprint density at radius 2 is 1.03 bits per heavy atom. The molecule has 310 valence electrons. The van der Waals surface area contributed by atoms with E-state index in [4.69, 9.17) is 0 Å². The third kappa shape index (κ3) is 6.68. The lowest BCUT2D eigenvalue weighted by atomic mass is 9.51. The summed E-state index contributed by atoms with van der Waals surface area (Å²) in [5, 5.41) is 55.9. The molecular formula is C47H59N3O8. The van der Waals surface area contributed by atoms with Crippen molar-refractivity contribution in [2.45, 2.75) is 117 Å². The van der Waals surface area contributed by atoms with Crippen LogP contribution in [-0.4, -0.2) is 83.5 Å². The summed E-state index contributed by atoms with van der Waals surface area (Å²) < 4.78 is 0. The average Bonchev–Trinajstić information content (AvgIpc) is 3.13. The van der Waals surface area contributed by atoms with Crippen molar-refractivity contribution in [3.63, 3.8) is 0 Å². The second-order valence-electron chi connectivity index (χ2n) is 20.0. The lowest BCUT2D eigenvalue weighted by Crippen LogP contribution is -2.57. The van der Waals surface area contributed by atoms with E-state index in [0.717, 1.165) is 37.7 Å². The van der Waals surface area contributed by atoms with Crippen molar-refractivity contribution in [2.24, 2.45) is 35.5 Å². The van der Waals surface area contributed by atoms with Crippen LogP contribution in [-0.2, 0) is 25.6 Å². The first kappa shape index (κ1) is 41.7. The van der Waals surface area contributed by atoms with E-state index in [1.54, 1.807) is 12.2 Å². The number of rotatable bonds is 7. The zero-order valence-corrected chi connectivity index (χ0v) is 35.4. The van der Waals surface area contributed by atoms with Crippen LogP contribution in [0.1, 0.15) is 93.6 Å². The minimum absolute atomic E-state index is 0.114. The fourth-order valence-corrected chi connectivity index (χ4v) is 11.8. The van der Waals surface area contributed by atoms with Gasteiger partial charge in [-0.15, -0.1) is 0 Å². The predicted molar refractivity (Wildman–Crippen MR) is 224 cm³/mol. The van der Waals surface area contributed by atoms with E-state index in [9.17, 15) is 39.8 Å². The van der Waals surface area contributed by atoms with Gasteiger partial charge < -0.3 is 25.9 Å². The SMILES string of the molecule is CNc1ccc2c(=C3CC(C)(C)N(O)C(C)(C)C3)c3cc(CC(=O)C4C5C=CC(C(C(C)=O)C5C(=O)O)C4C(=O)O)ccc3c(=C3CC(C)(C)N(O)C(C)(C)C3)c2c1. The first-order valence-corrected chi connectivity index (χ1v) is 20.5. The Labute approximate surface area is 340 Å². The summed E-state index contributed by atoms with van der Waals surface area (Å²) in [6, 6.07) is 12.4. The Morgan fingerprint density at radius 1 is 0.621 bits per heavy atom. The van der Waals surface area contributed by atoms with Crippen LogP contribution >= 0.6 is 0 Å². The molecule has 2 bridgehead atoms. The predicted octanol–water partition coefficient (Wildman–Crippen LogP) is 6.57. The third-order valence-electron chi connectivity index (χ3n) is 13.8. The number of piperidine rings is 2. The van der Waals surface area contributed by atoms with E-state index in [0.29, 0.717) is 31.2 Å². The number of anilines is 1. The van der Waals surface area contributed by atoms with Gasteiger partial charge in [-0.2, -0.15) is 10.1 Å². The quantitative estimate of drug-likeness (QED) is 0.130. The number of hydrogen-bond acceptors (Lipinski definition) is 9. The Balaban J connectivity index is 1.51. The number of Topliss-reactive ketones (excluding diaryl/α,β-unsaturated/α-hetero) is 2. The Bertz CT molecular complexity index is 2390. The van der Waals surface area contributed by atoms with Gasteiger partial charge in [-0.3, -0.25) is 19.2 Å². The highest BCUT2D eigenvalue weighted by Gasteiger charge is 2.59. The van der Waals surface area contributed by atoms with Crippen LogP contribution in [0, 0.1) is 35.5 Å². The summed E-state index contributed by atoms with van der Waals surface area (Å²) in [6.45, 7) is 17.6. The summed E-state index contributed by atoms with van der Waals surface area (Å²) in [7, 11) is 1.90. The molecule has 6 atom stereocenters. The Kier molecular flexibility index (Phi) is 10.1. The molecule has 8 rings (SSSR count). The number of benzene rings is 3. The zero-order valence-electron chi connectivity index (χ0n) is 35.4. The molecule has 1 saturated carbocycles. The van der Waals surface area contributed by atoms with Gasteiger partial charge in [0.05, 0.1) is 11.8 Å². The number of nitrogens with one attached hydrogen (secondary N) is 1. The number of allylic oxidation sites excluding steroid dienone is 2. The largest absolute Gasteiger partial charge is 0.481 e. The molecule has 3 aromatic rings. The Morgan fingerprint density at radius 3 is 1.47 bits per heavy atom. The van der Waals surface area contributed by atoms with Gasteiger partial charge in [-0.1, -0.05) is 47.6 Å². The molecule has 58 heavy (non-hydrogen) atoms. The number of ketones is 2. The van der Waals surface area contributed by atoms with Crippen LogP contribution in [0.5, 0.6) is 0 Å². The van der Waals surface area contributed by atoms with E-state index in [1.807, 2.05) is 74.6 Å². The lowest BCUT2D eigenvalue weighted by Gasteiger charge is -2.50. The van der Waals surface area contributed by atoms with Gasteiger partial charge in [0, 0.05) is 65.0 Å². The summed E-state index contributed by atoms with van der Waals surface area (Å²) in [6.07, 6.45) is 5.54. The third-order valence-corrected chi connectivity index (χ3v) is 13.8. The van der Waals surface area contributed by atoms with E-state index < -0.39 is 69.6 Å². The molecule has 0 amide bonds. The smallest absolute Gasteiger partial charge is 0.307 e. The highest BCUT2D eigenvalue weighted by molar-refractivity contribution is 6.04. The van der Waals surface area contributed by atoms with Gasteiger partial charge in [0.15, 0.2) is 0 Å². The number of nitrogens with zero attached hydrogens (tertiary/aromatic N) is 2. The van der Waals surface area contributed by atoms with Crippen molar-refractivity contribution >= 4 is 61.9 Å². The second-order valence-corrected chi connectivity index (χ2v) is 20.0. The van der Waals surface area contributed by atoms with Crippen LogP contribution in [0.2, 0.25) is 0 Å². The first-order valence-electron chi connectivity index (χ1n) is 20.5. The molecule has 2 aliphatic heterocycles. The number of fused-ring (bicyclic) bond motifs is 4. The number of carbonyl (C=O) groups excluding carboxylic acids is 2. The molecule has 5 aliphatic rings. The maximum Gasteiger partial charge on any atom is 0.307 e. The van der Waals surface area contributed by atoms with Crippen LogP contribution in [0.3, 0.4) is 0 Å². The normalized spacial score (nSPS) is 28.8. The van der Waals surface area contributed by atoms with Crippen molar-refractivity contribution in [1.29, 1.82) is 0 Å². The summed E-state index contributed by atoms with van der Waals surface area (Å²) >= 11 is 0. The molecular weight excluding hydrogens is 735 g/mol. The van der Waals surface area contributed by atoms with Crippen molar-refractivity contribution < 1.29 is 39.8 Å². The molecule has 3 aliphatic carbocycles. The minimum atomic E-state index is -1.22. The van der Waals surface area contributed by atoms with Crippen LogP contribution in [0.4, 0.5) is 5.69 Å². The van der Waals surface area contributed by atoms with Crippen molar-refractivity contribution in [2.75, 3.05) is 12.4 Å². The highest BCUT2D eigenvalue weighted by Crippen LogP contribution is 2.52. The number of carbonyl (C=O) groups is 4. The molecule has 3 fully saturated rings. The van der Waals surface area contributed by atoms with Crippen LogP contribution in [0.15, 0.2) is 48.6 Å². The van der Waals surface area contributed by atoms with E-state index in [2.05, 4.69) is 29.6 Å². The zero-order chi connectivity index (χ0) is 42.6. The topological polar surface area (TPSA) is 168 Å². The molecule has 3 aromatic carbocycles. The maximum atomic E-state index is 14.6. The number of carboxylic acids is 2. The standard InChI is InChI=1S/C47H59N3O8/c1-24(51)36-31-15-16-32(40(36)42(53)54)39(41(31)43(55)56)35(52)18-25-11-13-29-33(17-25)37(26-20-44(2,3)49(57)45(4,5)21-26)30-14-12-28(48-10)19-34(30)38(29)27-22-46(6,7)50(58)47(8,9)23-27/h11-17,19,31-32,36,39-41,48,57-58H,18,20-23H2,1-10H3,(H,53,54)(H,55,56). The van der Waals surface area contributed by atoms with E-state index in [-0.39, 0.29) is 18.0 Å². The van der Waals surface area contributed by atoms with Gasteiger partial charge in [0.2, 0.25) is 0 Å². The van der Waals surface area contributed by atoms with Crippen molar-refractivity contribution in [3.8, 4) is 0 Å². The molecule has 11 heteroatoms. The summed E-state index contributed by atoms with van der Waals surface area (Å²) in [4.78, 5) is 52.8. The number of aliphatic carboxylic acids is 2. The van der Waals surface area contributed by atoms with Crippen molar-refractivity contribution in [1.82, 2.24) is 10.1 Å². The molecule has 5 N–H and O–H groups in total. The number of hydrogen-bond donors (Lipinski definition) is 5. The summed E-state index contributed by atoms with van der Waals surface area (Å²) in [5.41, 5.74) is 1.66. The second kappa shape index (κ2) is 14.1. The maximum absolute atomic E-state index is 14.6. The molecule has 6 unspecified atom stereocenters.